The summed E-state index contributed by atoms with van der Waals surface area (Å²) in [5, 5.41) is 1.30. The molecule has 2 heterocycles. The second-order valence-corrected chi connectivity index (χ2v) is 17.5. The number of nitrogen functional groups attached to an aromatic ring is 1. The van der Waals surface area contributed by atoms with E-state index < -0.39 is 13.8 Å². The number of fused-ring (bicyclic) bond motifs is 1. The van der Waals surface area contributed by atoms with E-state index in [0.29, 0.717) is 22.5 Å². The summed E-state index contributed by atoms with van der Waals surface area (Å²) in [7, 11) is -1.90. The van der Waals surface area contributed by atoms with Crippen LogP contribution >= 0.6 is 0 Å². The van der Waals surface area contributed by atoms with E-state index in [-0.39, 0.29) is 6.09 Å². The molecule has 5 nitrogen and oxygen atoms in total. The summed E-state index contributed by atoms with van der Waals surface area (Å²) in [6.45, 7) is 21.7. The van der Waals surface area contributed by atoms with Crippen LogP contribution in [0.4, 0.5) is 10.5 Å². The summed E-state index contributed by atoms with van der Waals surface area (Å²) in [6.07, 6.45) is 4.18. The van der Waals surface area contributed by atoms with E-state index in [9.17, 15) is 4.79 Å². The third-order valence-electron chi connectivity index (χ3n) is 7.64. The van der Waals surface area contributed by atoms with Crippen molar-refractivity contribution in [1.29, 1.82) is 0 Å². The van der Waals surface area contributed by atoms with Crippen molar-refractivity contribution in [3.05, 3.63) is 30.0 Å². The van der Waals surface area contributed by atoms with Crippen molar-refractivity contribution in [2.45, 2.75) is 103 Å². The van der Waals surface area contributed by atoms with E-state index in [1.165, 1.54) is 16.5 Å². The van der Waals surface area contributed by atoms with Gasteiger partial charge in [0.15, 0.2) is 8.24 Å². The monoisotopic (exact) mass is 471 g/mol. The number of carbonyl (C=O) groups is 1. The van der Waals surface area contributed by atoms with E-state index in [1.807, 2.05) is 31.7 Å². The average Bonchev–Trinajstić information content (AvgIpc) is 3.05. The minimum absolute atomic E-state index is 0.196. The highest BCUT2D eigenvalue weighted by atomic mass is 28.3. The van der Waals surface area contributed by atoms with Gasteiger partial charge in [0.2, 0.25) is 0 Å². The first-order valence-corrected chi connectivity index (χ1v) is 14.9. The number of hydrogen-bond acceptors (Lipinski definition) is 3. The third kappa shape index (κ3) is 4.82. The zero-order valence-electron chi connectivity index (χ0n) is 22.2. The minimum atomic E-state index is -1.90. The number of benzene rings is 1. The number of amides is 1. The molecule has 1 aliphatic rings. The summed E-state index contributed by atoms with van der Waals surface area (Å²) in [5.41, 5.74) is 11.2. The number of aromatic nitrogens is 1. The van der Waals surface area contributed by atoms with Gasteiger partial charge in [-0.15, -0.1) is 0 Å². The summed E-state index contributed by atoms with van der Waals surface area (Å²) in [5.74, 6) is 0.424. The maximum atomic E-state index is 12.6. The SMILES string of the molecule is CC(C)[Si](C(C)C)(C(C)C)n1cc(C2CCN(C(=O)OC(C)(C)C)CC2)c2cc(N)ccc21. The van der Waals surface area contributed by atoms with Gasteiger partial charge in [-0.1, -0.05) is 41.5 Å². The van der Waals surface area contributed by atoms with E-state index in [1.54, 1.807) is 0 Å². The first-order valence-electron chi connectivity index (χ1n) is 12.7. The number of likely N-dealkylation sites (tertiary alicyclic amines) is 1. The van der Waals surface area contributed by atoms with Gasteiger partial charge < -0.3 is 19.6 Å². The fourth-order valence-electron chi connectivity index (χ4n) is 6.45. The standard InChI is InChI=1S/C27H45N3O2Si/c1-18(2)33(19(3)4,20(5)6)30-17-24(23-16-22(28)10-11-25(23)30)21-12-14-29(15-13-21)26(31)32-27(7,8)9/h10-11,16-21H,12-15,28H2,1-9H3. The second-order valence-electron chi connectivity index (χ2n) is 11.8. The Labute approximate surface area is 201 Å². The van der Waals surface area contributed by atoms with E-state index in [2.05, 4.69) is 64.1 Å². The first-order chi connectivity index (χ1) is 15.3. The van der Waals surface area contributed by atoms with Crippen molar-refractivity contribution in [3.63, 3.8) is 0 Å². The van der Waals surface area contributed by atoms with Crippen LogP contribution in [0.1, 0.15) is 86.6 Å². The van der Waals surface area contributed by atoms with E-state index in [4.69, 9.17) is 10.5 Å². The van der Waals surface area contributed by atoms with Crippen molar-refractivity contribution in [2.75, 3.05) is 18.8 Å². The number of carbonyl (C=O) groups excluding carboxylic acids is 1. The molecule has 0 spiro atoms. The molecule has 1 aliphatic heterocycles. The maximum absolute atomic E-state index is 12.6. The van der Waals surface area contributed by atoms with Crippen LogP contribution in [0.3, 0.4) is 0 Å². The number of hydrogen-bond donors (Lipinski definition) is 1. The van der Waals surface area contributed by atoms with Gasteiger partial charge in [-0.25, -0.2) is 4.79 Å². The Hall–Kier alpha value is -1.95. The normalized spacial score (nSPS) is 16.4. The van der Waals surface area contributed by atoms with Gasteiger partial charge in [0.25, 0.3) is 0 Å². The number of anilines is 1. The van der Waals surface area contributed by atoms with Gasteiger partial charge in [0.1, 0.15) is 5.60 Å². The topological polar surface area (TPSA) is 60.5 Å². The Bertz CT molecular complexity index is 957. The van der Waals surface area contributed by atoms with Gasteiger partial charge in [0.05, 0.1) is 0 Å². The zero-order valence-corrected chi connectivity index (χ0v) is 23.2. The van der Waals surface area contributed by atoms with Crippen molar-refractivity contribution < 1.29 is 9.53 Å². The molecule has 0 unspecified atom stereocenters. The highest BCUT2D eigenvalue weighted by Gasteiger charge is 2.46. The molecule has 0 radical (unpaired) electrons. The number of nitrogens with zero attached hydrogens (tertiary/aromatic N) is 2. The molecular weight excluding hydrogens is 426 g/mol. The molecule has 1 saturated heterocycles. The first kappa shape index (κ1) is 25.7. The third-order valence-corrected chi connectivity index (χ3v) is 14.4. The Balaban J connectivity index is 2.01. The van der Waals surface area contributed by atoms with Crippen LogP contribution in [0.5, 0.6) is 0 Å². The number of nitrogens with two attached hydrogens (primary N) is 1. The van der Waals surface area contributed by atoms with Crippen LogP contribution in [-0.4, -0.2) is 42.2 Å². The molecule has 3 rings (SSSR count). The second kappa shape index (κ2) is 9.36. The molecule has 2 N–H and O–H groups in total. The molecule has 1 fully saturated rings. The van der Waals surface area contributed by atoms with Crippen molar-refractivity contribution in [1.82, 2.24) is 9.13 Å². The lowest BCUT2D eigenvalue weighted by Crippen LogP contribution is -2.51. The Morgan fingerprint density at radius 3 is 2.06 bits per heavy atom. The smallest absolute Gasteiger partial charge is 0.410 e. The summed E-state index contributed by atoms with van der Waals surface area (Å²) in [4.78, 5) is 14.4. The number of piperidine rings is 1. The molecule has 184 valence electrons. The predicted molar refractivity (Wildman–Crippen MR) is 143 cm³/mol. The minimum Gasteiger partial charge on any atom is -0.444 e. The van der Waals surface area contributed by atoms with Crippen LogP contribution in [0.15, 0.2) is 24.4 Å². The molecule has 2 aromatic rings. The maximum Gasteiger partial charge on any atom is 0.410 e. The fraction of sp³-hybridized carbons (Fsp3) is 0.667. The fourth-order valence-corrected chi connectivity index (χ4v) is 13.1. The number of rotatable bonds is 5. The molecule has 1 aromatic heterocycles. The van der Waals surface area contributed by atoms with Gasteiger partial charge in [0, 0.05) is 29.7 Å². The van der Waals surface area contributed by atoms with Crippen LogP contribution in [-0.2, 0) is 4.74 Å². The summed E-state index contributed by atoms with van der Waals surface area (Å²) >= 11 is 0. The zero-order chi connectivity index (χ0) is 24.7. The highest BCUT2D eigenvalue weighted by molar-refractivity contribution is 6.82. The van der Waals surface area contributed by atoms with Gasteiger partial charge in [-0.05, 0) is 86.1 Å². The molecule has 1 amide bonds. The molecule has 0 bridgehead atoms. The largest absolute Gasteiger partial charge is 0.444 e. The lowest BCUT2D eigenvalue weighted by Gasteiger charge is -2.44. The van der Waals surface area contributed by atoms with Crippen LogP contribution in [0.2, 0.25) is 16.6 Å². The average molecular weight is 472 g/mol. The molecule has 0 aliphatic carbocycles. The lowest BCUT2D eigenvalue weighted by molar-refractivity contribution is 0.0205. The molecule has 1 aromatic carbocycles. The van der Waals surface area contributed by atoms with Crippen LogP contribution < -0.4 is 5.73 Å². The van der Waals surface area contributed by atoms with Crippen molar-refractivity contribution in [2.24, 2.45) is 0 Å². The highest BCUT2D eigenvalue weighted by Crippen LogP contribution is 2.46. The van der Waals surface area contributed by atoms with E-state index >= 15 is 0 Å². The van der Waals surface area contributed by atoms with Gasteiger partial charge in [-0.2, -0.15) is 0 Å². The lowest BCUT2D eigenvalue weighted by atomic mass is 9.89. The van der Waals surface area contributed by atoms with Gasteiger partial charge in [-0.3, -0.25) is 0 Å². The molecular formula is C27H45N3O2Si. The molecule has 33 heavy (non-hydrogen) atoms. The van der Waals surface area contributed by atoms with Crippen molar-refractivity contribution >= 4 is 30.9 Å². The van der Waals surface area contributed by atoms with Crippen LogP contribution in [0, 0.1) is 0 Å². The summed E-state index contributed by atoms with van der Waals surface area (Å²) < 4.78 is 8.31. The summed E-state index contributed by atoms with van der Waals surface area (Å²) in [6, 6.07) is 6.45. The predicted octanol–water partition coefficient (Wildman–Crippen LogP) is 7.36. The quantitative estimate of drug-likeness (QED) is 0.366. The number of ether oxygens (including phenoxy) is 1. The Morgan fingerprint density at radius 2 is 1.58 bits per heavy atom. The molecule has 6 heteroatoms. The van der Waals surface area contributed by atoms with Crippen LogP contribution in [0.25, 0.3) is 10.9 Å². The van der Waals surface area contributed by atoms with Crippen molar-refractivity contribution in [3.8, 4) is 0 Å². The Morgan fingerprint density at radius 1 is 1.03 bits per heavy atom. The van der Waals surface area contributed by atoms with Gasteiger partial charge >= 0.3 is 6.09 Å². The molecule has 0 saturated carbocycles. The molecule has 0 atom stereocenters. The Kier molecular flexibility index (Phi) is 7.28. The van der Waals surface area contributed by atoms with E-state index in [0.717, 1.165) is 31.6 Å².